The van der Waals surface area contributed by atoms with Crippen LogP contribution < -0.4 is 4.74 Å². The van der Waals surface area contributed by atoms with Crippen LogP contribution in [-0.2, 0) is 11.3 Å². The van der Waals surface area contributed by atoms with Gasteiger partial charge in [-0.05, 0) is 54.9 Å². The Morgan fingerprint density at radius 1 is 1.15 bits per heavy atom. The number of nitrogens with zero attached hydrogens (tertiary/aromatic N) is 1. The fourth-order valence-corrected chi connectivity index (χ4v) is 3.51. The third-order valence-corrected chi connectivity index (χ3v) is 5.40. The Balaban J connectivity index is 1.81. The van der Waals surface area contributed by atoms with E-state index in [1.165, 1.54) is 4.90 Å². The standard InChI is InChI=1S/C21H20ClNO3S/c1-3-14(2)26-18-7-5-4-6-16(18)12-19-20(24)23(21(25)27-19)13-15-8-10-17(22)11-9-15/h4-12,14H,3,13H2,1-2H3/b19-12+/t14-/m1/s1. The van der Waals surface area contributed by atoms with Crippen molar-refractivity contribution in [1.29, 1.82) is 0 Å². The lowest BCUT2D eigenvalue weighted by Gasteiger charge is -2.15. The van der Waals surface area contributed by atoms with Crippen molar-refractivity contribution in [3.63, 3.8) is 0 Å². The molecule has 2 aromatic carbocycles. The average Bonchev–Trinajstić information content (AvgIpc) is 2.92. The van der Waals surface area contributed by atoms with Gasteiger partial charge in [0.15, 0.2) is 0 Å². The molecule has 1 aliphatic heterocycles. The minimum atomic E-state index is -0.293. The van der Waals surface area contributed by atoms with Crippen LogP contribution in [0.25, 0.3) is 6.08 Å². The average molecular weight is 402 g/mol. The molecule has 2 aromatic rings. The van der Waals surface area contributed by atoms with Gasteiger partial charge in [0, 0.05) is 10.6 Å². The topological polar surface area (TPSA) is 46.6 Å². The second kappa shape index (κ2) is 8.63. The number of carbonyl (C=O) groups excluding carboxylic acids is 2. The smallest absolute Gasteiger partial charge is 0.293 e. The summed E-state index contributed by atoms with van der Waals surface area (Å²) in [5.74, 6) is 0.412. The van der Waals surface area contributed by atoms with Crippen LogP contribution in [0.5, 0.6) is 5.75 Å². The van der Waals surface area contributed by atoms with Crippen molar-refractivity contribution in [2.24, 2.45) is 0 Å². The molecule has 0 radical (unpaired) electrons. The molecule has 0 saturated carbocycles. The first-order valence-electron chi connectivity index (χ1n) is 8.73. The number of amides is 2. The van der Waals surface area contributed by atoms with Crippen molar-refractivity contribution in [2.45, 2.75) is 32.9 Å². The largest absolute Gasteiger partial charge is 0.490 e. The van der Waals surface area contributed by atoms with E-state index >= 15 is 0 Å². The maximum Gasteiger partial charge on any atom is 0.293 e. The van der Waals surface area contributed by atoms with Crippen LogP contribution in [0.3, 0.4) is 0 Å². The highest BCUT2D eigenvalue weighted by Crippen LogP contribution is 2.35. The minimum Gasteiger partial charge on any atom is -0.490 e. The molecular formula is C21H20ClNO3S. The van der Waals surface area contributed by atoms with Crippen molar-refractivity contribution in [3.05, 3.63) is 69.6 Å². The molecular weight excluding hydrogens is 382 g/mol. The van der Waals surface area contributed by atoms with E-state index in [-0.39, 0.29) is 23.8 Å². The van der Waals surface area contributed by atoms with Crippen molar-refractivity contribution >= 4 is 40.6 Å². The molecule has 1 fully saturated rings. The molecule has 0 unspecified atom stereocenters. The van der Waals surface area contributed by atoms with Crippen LogP contribution in [0.4, 0.5) is 4.79 Å². The number of hydrogen-bond acceptors (Lipinski definition) is 4. The Kier molecular flexibility index (Phi) is 6.24. The van der Waals surface area contributed by atoms with Gasteiger partial charge in [0.05, 0.1) is 17.6 Å². The molecule has 1 atom stereocenters. The molecule has 0 spiro atoms. The Labute approximate surface area is 168 Å². The lowest BCUT2D eigenvalue weighted by molar-refractivity contribution is -0.123. The van der Waals surface area contributed by atoms with Crippen LogP contribution in [0.2, 0.25) is 5.02 Å². The van der Waals surface area contributed by atoms with E-state index in [9.17, 15) is 9.59 Å². The molecule has 0 aliphatic carbocycles. The quantitative estimate of drug-likeness (QED) is 0.578. The summed E-state index contributed by atoms with van der Waals surface area (Å²) in [5.41, 5.74) is 1.64. The number of para-hydroxylation sites is 1. The maximum absolute atomic E-state index is 12.7. The Morgan fingerprint density at radius 3 is 2.56 bits per heavy atom. The van der Waals surface area contributed by atoms with Crippen molar-refractivity contribution < 1.29 is 14.3 Å². The van der Waals surface area contributed by atoms with Gasteiger partial charge in [0.25, 0.3) is 11.1 Å². The van der Waals surface area contributed by atoms with Crippen LogP contribution in [0, 0.1) is 0 Å². The molecule has 0 N–H and O–H groups in total. The number of halogens is 1. The van der Waals surface area contributed by atoms with E-state index in [2.05, 4.69) is 6.92 Å². The van der Waals surface area contributed by atoms with Gasteiger partial charge in [0.2, 0.25) is 0 Å². The van der Waals surface area contributed by atoms with Gasteiger partial charge in [-0.3, -0.25) is 14.5 Å². The number of thioether (sulfide) groups is 1. The Morgan fingerprint density at radius 2 is 1.85 bits per heavy atom. The normalized spacial score (nSPS) is 16.9. The molecule has 1 heterocycles. The number of benzene rings is 2. The van der Waals surface area contributed by atoms with Gasteiger partial charge < -0.3 is 4.74 Å². The molecule has 0 aromatic heterocycles. The van der Waals surface area contributed by atoms with Gasteiger partial charge in [-0.1, -0.05) is 48.9 Å². The fourth-order valence-electron chi connectivity index (χ4n) is 2.56. The van der Waals surface area contributed by atoms with E-state index < -0.39 is 0 Å². The summed E-state index contributed by atoms with van der Waals surface area (Å²) < 4.78 is 5.92. The zero-order chi connectivity index (χ0) is 19.4. The molecule has 1 saturated heterocycles. The lowest BCUT2D eigenvalue weighted by atomic mass is 10.1. The molecule has 27 heavy (non-hydrogen) atoms. The van der Waals surface area contributed by atoms with Gasteiger partial charge in [-0.15, -0.1) is 0 Å². The summed E-state index contributed by atoms with van der Waals surface area (Å²) in [6, 6.07) is 14.6. The number of carbonyl (C=O) groups is 2. The van der Waals surface area contributed by atoms with Gasteiger partial charge in [0.1, 0.15) is 5.75 Å². The molecule has 2 amide bonds. The minimum absolute atomic E-state index is 0.0690. The van der Waals surface area contributed by atoms with Crippen molar-refractivity contribution in [2.75, 3.05) is 0 Å². The number of ether oxygens (including phenoxy) is 1. The predicted octanol–water partition coefficient (Wildman–Crippen LogP) is 5.75. The van der Waals surface area contributed by atoms with E-state index in [1.54, 1.807) is 18.2 Å². The zero-order valence-corrected chi connectivity index (χ0v) is 16.7. The number of hydrogen-bond donors (Lipinski definition) is 0. The van der Waals surface area contributed by atoms with Crippen LogP contribution in [0.1, 0.15) is 31.4 Å². The Bertz CT molecular complexity index is 879. The highest BCUT2D eigenvalue weighted by atomic mass is 35.5. The van der Waals surface area contributed by atoms with Gasteiger partial charge in [-0.2, -0.15) is 0 Å². The van der Waals surface area contributed by atoms with Gasteiger partial charge >= 0.3 is 0 Å². The summed E-state index contributed by atoms with van der Waals surface area (Å²) in [6.45, 7) is 4.27. The summed E-state index contributed by atoms with van der Waals surface area (Å²) >= 11 is 6.84. The van der Waals surface area contributed by atoms with Crippen LogP contribution in [0.15, 0.2) is 53.4 Å². The first kappa shape index (κ1) is 19.5. The molecule has 4 nitrogen and oxygen atoms in total. The van der Waals surface area contributed by atoms with E-state index in [0.717, 1.165) is 29.3 Å². The fraction of sp³-hybridized carbons (Fsp3) is 0.238. The molecule has 6 heteroatoms. The highest BCUT2D eigenvalue weighted by molar-refractivity contribution is 8.18. The van der Waals surface area contributed by atoms with Crippen LogP contribution in [-0.4, -0.2) is 22.2 Å². The third kappa shape index (κ3) is 4.73. The Hall–Kier alpha value is -2.24. The van der Waals surface area contributed by atoms with E-state index in [0.29, 0.717) is 15.7 Å². The number of rotatable bonds is 6. The third-order valence-electron chi connectivity index (χ3n) is 4.24. The highest BCUT2D eigenvalue weighted by Gasteiger charge is 2.35. The van der Waals surface area contributed by atoms with Crippen molar-refractivity contribution in [1.82, 2.24) is 4.90 Å². The van der Waals surface area contributed by atoms with Crippen LogP contribution >= 0.6 is 23.4 Å². The summed E-state index contributed by atoms with van der Waals surface area (Å²) in [7, 11) is 0. The molecule has 140 valence electrons. The van der Waals surface area contributed by atoms with Gasteiger partial charge in [-0.25, -0.2) is 0 Å². The second-order valence-electron chi connectivity index (χ2n) is 6.27. The first-order valence-corrected chi connectivity index (χ1v) is 9.93. The van der Waals surface area contributed by atoms with E-state index in [1.807, 2.05) is 43.3 Å². The van der Waals surface area contributed by atoms with E-state index in [4.69, 9.17) is 16.3 Å². The molecule has 0 bridgehead atoms. The second-order valence-corrected chi connectivity index (χ2v) is 7.70. The summed E-state index contributed by atoms with van der Waals surface area (Å²) in [6.07, 6.45) is 2.68. The maximum atomic E-state index is 12.7. The summed E-state index contributed by atoms with van der Waals surface area (Å²) in [5, 5.41) is 0.340. The summed E-state index contributed by atoms with van der Waals surface area (Å²) in [4.78, 5) is 26.7. The SMILES string of the molecule is CC[C@@H](C)Oc1ccccc1/C=C1/SC(=O)N(Cc2ccc(Cl)cc2)C1=O. The molecule has 3 rings (SSSR count). The monoisotopic (exact) mass is 401 g/mol. The number of imide groups is 1. The lowest BCUT2D eigenvalue weighted by Crippen LogP contribution is -2.27. The van der Waals surface area contributed by atoms with Crippen molar-refractivity contribution in [3.8, 4) is 5.75 Å². The first-order chi connectivity index (χ1) is 13.0. The molecule has 1 aliphatic rings. The predicted molar refractivity (Wildman–Crippen MR) is 110 cm³/mol. The zero-order valence-electron chi connectivity index (χ0n) is 15.1.